The lowest BCUT2D eigenvalue weighted by molar-refractivity contribution is 0.0714. The minimum absolute atomic E-state index is 0.0526. The van der Waals surface area contributed by atoms with Gasteiger partial charge in [-0.3, -0.25) is 4.79 Å². The third-order valence-electron chi connectivity index (χ3n) is 6.11. The van der Waals surface area contributed by atoms with Gasteiger partial charge in [-0.25, -0.2) is 9.78 Å². The summed E-state index contributed by atoms with van der Waals surface area (Å²) in [5, 5.41) is 8.94. The van der Waals surface area contributed by atoms with E-state index in [0.29, 0.717) is 59.9 Å². The van der Waals surface area contributed by atoms with Crippen LogP contribution >= 0.6 is 0 Å². The van der Waals surface area contributed by atoms with Gasteiger partial charge in [0.1, 0.15) is 23.4 Å². The number of ether oxygens (including phenoxy) is 2. The summed E-state index contributed by atoms with van der Waals surface area (Å²) in [6, 6.07) is 18.1. The molecule has 1 amide bonds. The molecule has 0 aliphatic carbocycles. The first-order valence-electron chi connectivity index (χ1n) is 11.2. The number of carbonyl (C=O) groups excluding carboxylic acids is 2. The molecule has 0 spiro atoms. The second kappa shape index (κ2) is 9.31. The Kier molecular flexibility index (Phi) is 5.90. The fraction of sp³-hybridized carbons (Fsp3) is 0.185. The Morgan fingerprint density at radius 2 is 1.91 bits per heavy atom. The summed E-state index contributed by atoms with van der Waals surface area (Å²) < 4.78 is 10.7. The summed E-state index contributed by atoms with van der Waals surface area (Å²) >= 11 is 0. The largest absolute Gasteiger partial charge is 0.497 e. The van der Waals surface area contributed by atoms with Crippen LogP contribution in [0.3, 0.4) is 0 Å². The number of hydrogen-bond donors (Lipinski definition) is 0. The maximum Gasteiger partial charge on any atom is 0.344 e. The smallest absolute Gasteiger partial charge is 0.344 e. The van der Waals surface area contributed by atoms with Gasteiger partial charge in [0.25, 0.3) is 5.91 Å². The van der Waals surface area contributed by atoms with Crippen LogP contribution in [0.25, 0.3) is 11.8 Å². The summed E-state index contributed by atoms with van der Waals surface area (Å²) in [5.74, 6) is 1.40. The van der Waals surface area contributed by atoms with Crippen molar-refractivity contribution in [3.05, 3.63) is 88.6 Å². The van der Waals surface area contributed by atoms with Gasteiger partial charge in [0.05, 0.1) is 18.2 Å². The van der Waals surface area contributed by atoms with E-state index in [9.17, 15) is 9.59 Å². The molecule has 0 atom stereocenters. The molecule has 35 heavy (non-hydrogen) atoms. The Morgan fingerprint density at radius 1 is 1.09 bits per heavy atom. The molecule has 0 unspecified atom stereocenters. The van der Waals surface area contributed by atoms with Gasteiger partial charge in [0, 0.05) is 43.5 Å². The minimum Gasteiger partial charge on any atom is -0.497 e. The quantitative estimate of drug-likeness (QED) is 0.542. The molecular formula is C27H22N4O4. The van der Waals surface area contributed by atoms with E-state index in [2.05, 4.69) is 16.0 Å². The second-order valence-electron chi connectivity index (χ2n) is 8.23. The molecule has 8 nitrogen and oxygen atoms in total. The molecule has 174 valence electrons. The third kappa shape index (κ3) is 4.44. The molecule has 0 radical (unpaired) electrons. The number of amides is 1. The number of nitriles is 1. The number of cyclic esters (lactones) is 1. The Bertz CT molecular complexity index is 1370. The van der Waals surface area contributed by atoms with Gasteiger partial charge >= 0.3 is 5.97 Å². The number of nitrogens with zero attached hydrogens (tertiary/aromatic N) is 4. The number of carbonyl (C=O) groups is 2. The first-order chi connectivity index (χ1) is 17.1. The number of pyridine rings is 1. The Balaban J connectivity index is 1.30. The molecule has 5 rings (SSSR count). The van der Waals surface area contributed by atoms with Crippen LogP contribution in [0.4, 0.5) is 5.82 Å². The van der Waals surface area contributed by atoms with E-state index in [1.807, 2.05) is 23.1 Å². The SMILES string of the molecule is COc1ccc2c(c1)C(=Cc1cccc(C(=O)N3CCN(c4ccc(C#N)cn4)CC3)c1)OC2=O. The van der Waals surface area contributed by atoms with Gasteiger partial charge in [0.2, 0.25) is 0 Å². The Hall–Kier alpha value is -4.64. The fourth-order valence-electron chi connectivity index (χ4n) is 4.22. The van der Waals surface area contributed by atoms with E-state index < -0.39 is 5.97 Å². The summed E-state index contributed by atoms with van der Waals surface area (Å²) in [5.41, 5.74) is 3.00. The van der Waals surface area contributed by atoms with Crippen LogP contribution in [0.2, 0.25) is 0 Å². The Morgan fingerprint density at radius 3 is 2.63 bits per heavy atom. The predicted molar refractivity (Wildman–Crippen MR) is 130 cm³/mol. The van der Waals surface area contributed by atoms with Gasteiger partial charge in [-0.2, -0.15) is 5.26 Å². The van der Waals surface area contributed by atoms with Crippen LogP contribution < -0.4 is 9.64 Å². The van der Waals surface area contributed by atoms with Gasteiger partial charge in [-0.1, -0.05) is 12.1 Å². The minimum atomic E-state index is -0.407. The molecule has 2 aliphatic rings. The molecule has 1 fully saturated rings. The monoisotopic (exact) mass is 466 g/mol. The number of rotatable bonds is 4. The van der Waals surface area contributed by atoms with Gasteiger partial charge in [-0.05, 0) is 54.1 Å². The summed E-state index contributed by atoms with van der Waals surface area (Å²) in [7, 11) is 1.57. The number of benzene rings is 2. The van der Waals surface area contributed by atoms with Crippen molar-refractivity contribution >= 4 is 29.5 Å². The number of esters is 1. The van der Waals surface area contributed by atoms with E-state index in [1.54, 1.807) is 55.8 Å². The van der Waals surface area contributed by atoms with Crippen molar-refractivity contribution in [2.45, 2.75) is 0 Å². The summed E-state index contributed by atoms with van der Waals surface area (Å²) in [6.45, 7) is 2.44. The lowest BCUT2D eigenvalue weighted by Crippen LogP contribution is -2.49. The number of anilines is 1. The van der Waals surface area contributed by atoms with Crippen molar-refractivity contribution in [2.75, 3.05) is 38.2 Å². The van der Waals surface area contributed by atoms with Gasteiger partial charge in [-0.15, -0.1) is 0 Å². The lowest BCUT2D eigenvalue weighted by atomic mass is 10.0. The highest BCUT2D eigenvalue weighted by molar-refractivity contribution is 6.06. The third-order valence-corrected chi connectivity index (χ3v) is 6.11. The zero-order valence-corrected chi connectivity index (χ0v) is 19.1. The van der Waals surface area contributed by atoms with Crippen molar-refractivity contribution < 1.29 is 19.1 Å². The highest BCUT2D eigenvalue weighted by atomic mass is 16.5. The standard InChI is InChI=1S/C27H22N4O4/c1-34-21-6-7-22-23(15-21)24(35-27(22)33)14-18-3-2-4-20(13-18)26(32)31-11-9-30(10-12-31)25-8-5-19(16-28)17-29-25/h2-8,13-15,17H,9-12H2,1H3. The molecule has 3 heterocycles. The first-order valence-corrected chi connectivity index (χ1v) is 11.2. The molecule has 3 aromatic rings. The topological polar surface area (TPSA) is 95.8 Å². The fourth-order valence-corrected chi connectivity index (χ4v) is 4.22. The van der Waals surface area contributed by atoms with Crippen LogP contribution in [-0.4, -0.2) is 55.0 Å². The maximum absolute atomic E-state index is 13.2. The second-order valence-corrected chi connectivity index (χ2v) is 8.23. The zero-order valence-electron chi connectivity index (χ0n) is 19.1. The normalized spacial score (nSPS) is 16.0. The maximum atomic E-state index is 13.2. The Labute approximate surface area is 202 Å². The van der Waals surface area contributed by atoms with Crippen LogP contribution in [0.1, 0.15) is 37.4 Å². The van der Waals surface area contributed by atoms with E-state index in [4.69, 9.17) is 14.7 Å². The van der Waals surface area contributed by atoms with Crippen molar-refractivity contribution in [1.29, 1.82) is 5.26 Å². The van der Waals surface area contributed by atoms with Crippen molar-refractivity contribution in [3.63, 3.8) is 0 Å². The number of hydrogen-bond acceptors (Lipinski definition) is 7. The zero-order chi connectivity index (χ0) is 24.4. The van der Waals surface area contributed by atoms with Crippen LogP contribution in [0.5, 0.6) is 5.75 Å². The number of fused-ring (bicyclic) bond motifs is 1. The number of aromatic nitrogens is 1. The lowest BCUT2D eigenvalue weighted by Gasteiger charge is -2.35. The summed E-state index contributed by atoms with van der Waals surface area (Å²) in [4.78, 5) is 33.7. The molecule has 2 aliphatic heterocycles. The predicted octanol–water partition coefficient (Wildman–Crippen LogP) is 3.59. The molecular weight excluding hydrogens is 444 g/mol. The average Bonchev–Trinajstić information content (AvgIpc) is 3.22. The molecule has 1 aromatic heterocycles. The van der Waals surface area contributed by atoms with Crippen LogP contribution in [0.15, 0.2) is 60.8 Å². The first kappa shape index (κ1) is 22.2. The van der Waals surface area contributed by atoms with E-state index in [1.165, 1.54) is 0 Å². The van der Waals surface area contributed by atoms with E-state index in [0.717, 1.165) is 11.4 Å². The van der Waals surface area contributed by atoms with E-state index >= 15 is 0 Å². The van der Waals surface area contributed by atoms with Gasteiger partial charge in [0.15, 0.2) is 0 Å². The molecule has 0 saturated carbocycles. The summed E-state index contributed by atoms with van der Waals surface area (Å²) in [6.07, 6.45) is 3.32. The van der Waals surface area contributed by atoms with Crippen LogP contribution in [0, 0.1) is 11.3 Å². The highest BCUT2D eigenvalue weighted by Gasteiger charge is 2.27. The molecule has 0 N–H and O–H groups in total. The van der Waals surface area contributed by atoms with Crippen molar-refractivity contribution in [3.8, 4) is 11.8 Å². The van der Waals surface area contributed by atoms with Gasteiger partial charge < -0.3 is 19.3 Å². The van der Waals surface area contributed by atoms with Crippen molar-refractivity contribution in [2.24, 2.45) is 0 Å². The number of piperazine rings is 1. The molecule has 2 aromatic carbocycles. The molecule has 0 bridgehead atoms. The molecule has 1 saturated heterocycles. The highest BCUT2D eigenvalue weighted by Crippen LogP contribution is 2.34. The van der Waals surface area contributed by atoms with Crippen molar-refractivity contribution in [1.82, 2.24) is 9.88 Å². The average molecular weight is 466 g/mol. The number of methoxy groups -OCH3 is 1. The van der Waals surface area contributed by atoms with E-state index in [-0.39, 0.29) is 5.91 Å². The molecule has 8 heteroatoms. The van der Waals surface area contributed by atoms with Crippen LogP contribution in [-0.2, 0) is 4.74 Å².